The Bertz CT molecular complexity index is 1070. The molecule has 1 aromatic carbocycles. The van der Waals surface area contributed by atoms with Crippen molar-refractivity contribution in [2.75, 3.05) is 13.1 Å². The smallest absolute Gasteiger partial charge is 0.253 e. The lowest BCUT2D eigenvalue weighted by Crippen LogP contribution is -2.41. The first kappa shape index (κ1) is 19.8. The summed E-state index contributed by atoms with van der Waals surface area (Å²) in [5.74, 6) is 1.42. The first-order chi connectivity index (χ1) is 13.8. The number of aromatic nitrogens is 5. The lowest BCUT2D eigenvalue weighted by Gasteiger charge is -2.36. The van der Waals surface area contributed by atoms with E-state index in [9.17, 15) is 4.79 Å². The highest BCUT2D eigenvalue weighted by molar-refractivity contribution is 5.82. The molecule has 1 N–H and O–H groups in total. The zero-order valence-corrected chi connectivity index (χ0v) is 17.9. The van der Waals surface area contributed by atoms with Crippen molar-refractivity contribution in [3.63, 3.8) is 0 Å². The van der Waals surface area contributed by atoms with E-state index >= 15 is 0 Å². The average molecular weight is 395 g/mol. The summed E-state index contributed by atoms with van der Waals surface area (Å²) in [4.78, 5) is 18.7. The Kier molecular flexibility index (Phi) is 5.02. The lowest BCUT2D eigenvalue weighted by molar-refractivity contribution is 0.144. The van der Waals surface area contributed by atoms with Crippen molar-refractivity contribution in [1.29, 1.82) is 0 Å². The van der Waals surface area contributed by atoms with E-state index in [1.54, 1.807) is 0 Å². The number of pyridine rings is 1. The van der Waals surface area contributed by atoms with Gasteiger partial charge in [-0.2, -0.15) is 0 Å². The molecule has 0 saturated carbocycles. The zero-order valence-electron chi connectivity index (χ0n) is 17.9. The summed E-state index contributed by atoms with van der Waals surface area (Å²) in [6.07, 6.45) is 2.22. The minimum Gasteiger partial charge on any atom is -0.321 e. The largest absolute Gasteiger partial charge is 0.321 e. The van der Waals surface area contributed by atoms with Crippen molar-refractivity contribution in [1.82, 2.24) is 30.1 Å². The quantitative estimate of drug-likeness (QED) is 0.736. The number of likely N-dealkylation sites (tertiary alicyclic amines) is 1. The van der Waals surface area contributed by atoms with Crippen LogP contribution in [0.3, 0.4) is 0 Å². The van der Waals surface area contributed by atoms with E-state index < -0.39 is 0 Å². The van der Waals surface area contributed by atoms with Crippen LogP contribution in [0.1, 0.15) is 63.5 Å². The van der Waals surface area contributed by atoms with Crippen LogP contribution >= 0.6 is 0 Å². The van der Waals surface area contributed by atoms with Gasteiger partial charge in [-0.15, -0.1) is 5.10 Å². The van der Waals surface area contributed by atoms with Gasteiger partial charge in [-0.3, -0.25) is 9.69 Å². The monoisotopic (exact) mass is 394 g/mol. The highest BCUT2D eigenvalue weighted by atomic mass is 16.1. The molecule has 29 heavy (non-hydrogen) atoms. The number of fused-ring (bicyclic) bond motifs is 1. The van der Waals surface area contributed by atoms with E-state index in [2.05, 4.69) is 53.1 Å². The number of aryl methyl sites for hydroxylation is 1. The van der Waals surface area contributed by atoms with Crippen LogP contribution < -0.4 is 5.56 Å². The highest BCUT2D eigenvalue weighted by Gasteiger charge is 2.34. The van der Waals surface area contributed by atoms with Crippen LogP contribution in [0.2, 0.25) is 0 Å². The van der Waals surface area contributed by atoms with Gasteiger partial charge in [0.25, 0.3) is 5.56 Å². The molecule has 154 valence electrons. The number of para-hydroxylation sites is 1. The van der Waals surface area contributed by atoms with Crippen molar-refractivity contribution >= 4 is 10.9 Å². The molecule has 4 rings (SSSR count). The minimum atomic E-state index is -0.277. The second-order valence-corrected chi connectivity index (χ2v) is 9.33. The predicted octanol–water partition coefficient (Wildman–Crippen LogP) is 3.40. The summed E-state index contributed by atoms with van der Waals surface area (Å²) in [6.45, 7) is 12.4. The number of aromatic amines is 1. The maximum Gasteiger partial charge on any atom is 0.253 e. The Morgan fingerprint density at radius 1 is 1.21 bits per heavy atom. The fourth-order valence-electron chi connectivity index (χ4n) is 4.23. The molecule has 3 heterocycles. The van der Waals surface area contributed by atoms with E-state index in [-0.39, 0.29) is 17.1 Å². The molecule has 2 aromatic heterocycles. The standard InChI is InChI=1S/C22H30N6O/c1-14-9-11-27(12-10-14)19(20-24-25-26-28(20)22(3,4)5)17-13-16-8-6-7-15(2)18(16)23-21(17)29/h6-8,13-14,19H,9-12H2,1-5H3,(H,23,29). The SMILES string of the molecule is Cc1cccc2cc(C(c3nnnn3C(C)(C)C)N3CCC(C)CC3)c(=O)[nH]c12. The van der Waals surface area contributed by atoms with Crippen LogP contribution in [-0.2, 0) is 5.54 Å². The molecule has 7 heteroatoms. The summed E-state index contributed by atoms with van der Waals surface area (Å²) >= 11 is 0. The van der Waals surface area contributed by atoms with E-state index in [0.29, 0.717) is 11.5 Å². The van der Waals surface area contributed by atoms with Crippen molar-refractivity contribution in [2.24, 2.45) is 5.92 Å². The number of hydrogen-bond donors (Lipinski definition) is 1. The van der Waals surface area contributed by atoms with Crippen LogP contribution in [0.15, 0.2) is 29.1 Å². The Morgan fingerprint density at radius 2 is 1.93 bits per heavy atom. The second-order valence-electron chi connectivity index (χ2n) is 9.33. The molecule has 1 unspecified atom stereocenters. The second kappa shape index (κ2) is 7.37. The van der Waals surface area contributed by atoms with Crippen LogP contribution in [-0.4, -0.2) is 43.2 Å². The Hall–Kier alpha value is -2.54. The Morgan fingerprint density at radius 3 is 2.62 bits per heavy atom. The van der Waals surface area contributed by atoms with Crippen molar-refractivity contribution < 1.29 is 0 Å². The number of benzene rings is 1. The molecule has 1 fully saturated rings. The maximum absolute atomic E-state index is 13.2. The Labute approximate surface area is 171 Å². The molecule has 1 atom stereocenters. The van der Waals surface area contributed by atoms with Gasteiger partial charge in [0.15, 0.2) is 5.82 Å². The minimum absolute atomic E-state index is 0.0705. The van der Waals surface area contributed by atoms with Gasteiger partial charge in [0.2, 0.25) is 0 Å². The molecule has 0 spiro atoms. The number of nitrogens with one attached hydrogen (secondary N) is 1. The Balaban J connectivity index is 1.90. The first-order valence-corrected chi connectivity index (χ1v) is 10.4. The molecule has 7 nitrogen and oxygen atoms in total. The van der Waals surface area contributed by atoms with Crippen LogP contribution in [0, 0.1) is 12.8 Å². The normalized spacial score (nSPS) is 17.7. The number of piperidine rings is 1. The predicted molar refractivity (Wildman–Crippen MR) is 114 cm³/mol. The van der Waals surface area contributed by atoms with Gasteiger partial charge in [-0.1, -0.05) is 25.1 Å². The summed E-state index contributed by atoms with van der Waals surface area (Å²) in [6, 6.07) is 7.83. The maximum atomic E-state index is 13.2. The van der Waals surface area contributed by atoms with Crippen LogP contribution in [0.5, 0.6) is 0 Å². The summed E-state index contributed by atoms with van der Waals surface area (Å²) in [7, 11) is 0. The van der Waals surface area contributed by atoms with Gasteiger partial charge in [-0.05, 0) is 87.0 Å². The van der Waals surface area contributed by atoms with E-state index in [0.717, 1.165) is 48.2 Å². The third-order valence-corrected chi connectivity index (χ3v) is 5.97. The van der Waals surface area contributed by atoms with Crippen LogP contribution in [0.4, 0.5) is 0 Å². The fourth-order valence-corrected chi connectivity index (χ4v) is 4.23. The number of rotatable bonds is 3. The summed E-state index contributed by atoms with van der Waals surface area (Å²) in [5, 5.41) is 13.7. The van der Waals surface area contributed by atoms with Gasteiger partial charge < -0.3 is 4.98 Å². The molecular weight excluding hydrogens is 364 g/mol. The third-order valence-electron chi connectivity index (χ3n) is 5.97. The molecule has 0 aliphatic carbocycles. The molecule has 3 aromatic rings. The number of H-pyrrole nitrogens is 1. The van der Waals surface area contributed by atoms with Gasteiger partial charge in [-0.25, -0.2) is 4.68 Å². The summed E-state index contributed by atoms with van der Waals surface area (Å²) in [5.41, 5.74) is 2.31. The lowest BCUT2D eigenvalue weighted by atomic mass is 9.94. The number of nitrogens with zero attached hydrogens (tertiary/aromatic N) is 5. The third kappa shape index (κ3) is 3.71. The van der Waals surface area contributed by atoms with Crippen molar-refractivity contribution in [2.45, 2.75) is 59.0 Å². The molecule has 0 bridgehead atoms. The van der Waals surface area contributed by atoms with E-state index in [1.165, 1.54) is 0 Å². The molecule has 1 saturated heterocycles. The fraction of sp³-hybridized carbons (Fsp3) is 0.545. The average Bonchev–Trinajstić information content (AvgIpc) is 3.15. The van der Waals surface area contributed by atoms with Crippen LogP contribution in [0.25, 0.3) is 10.9 Å². The number of hydrogen-bond acceptors (Lipinski definition) is 5. The molecule has 0 amide bonds. The molecular formula is C22H30N6O. The van der Waals surface area contributed by atoms with Gasteiger partial charge >= 0.3 is 0 Å². The van der Waals surface area contributed by atoms with Gasteiger partial charge in [0.1, 0.15) is 6.04 Å². The molecule has 1 aliphatic rings. The molecule has 1 aliphatic heterocycles. The van der Waals surface area contributed by atoms with E-state index in [4.69, 9.17) is 0 Å². The highest BCUT2D eigenvalue weighted by Crippen LogP contribution is 2.32. The first-order valence-electron chi connectivity index (χ1n) is 10.4. The van der Waals surface area contributed by atoms with Crippen molar-refractivity contribution in [3.8, 4) is 0 Å². The zero-order chi connectivity index (χ0) is 20.8. The van der Waals surface area contributed by atoms with Gasteiger partial charge in [0, 0.05) is 5.56 Å². The number of tetrazole rings is 1. The van der Waals surface area contributed by atoms with Gasteiger partial charge in [0.05, 0.1) is 11.1 Å². The van der Waals surface area contributed by atoms with E-state index in [1.807, 2.05) is 35.9 Å². The van der Waals surface area contributed by atoms with Crippen molar-refractivity contribution in [3.05, 3.63) is 51.6 Å². The topological polar surface area (TPSA) is 79.7 Å². The molecule has 0 radical (unpaired) electrons. The summed E-state index contributed by atoms with van der Waals surface area (Å²) < 4.78 is 1.86.